The van der Waals surface area contributed by atoms with E-state index >= 15 is 0 Å². The maximum absolute atomic E-state index is 11.5. The summed E-state index contributed by atoms with van der Waals surface area (Å²) in [6.07, 6.45) is 2.67. The van der Waals surface area contributed by atoms with Crippen LogP contribution in [0.15, 0.2) is 45.6 Å². The monoisotopic (exact) mass is 334 g/mol. The second-order valence-electron chi connectivity index (χ2n) is 4.06. The molecule has 0 unspecified atom stereocenters. The van der Waals surface area contributed by atoms with Crippen LogP contribution in [-0.4, -0.2) is 59.4 Å². The Hall–Kier alpha value is -1.39. The van der Waals surface area contributed by atoms with Crippen LogP contribution in [0.2, 0.25) is 0 Å². The predicted molar refractivity (Wildman–Crippen MR) is 76.6 cm³/mol. The van der Waals surface area contributed by atoms with E-state index in [2.05, 4.69) is 10.2 Å². The number of benzene rings is 1. The molecule has 0 bridgehead atoms. The molecule has 0 aliphatic carbocycles. The van der Waals surface area contributed by atoms with Gasteiger partial charge in [-0.3, -0.25) is 4.79 Å². The fourth-order valence-corrected chi connectivity index (χ4v) is 2.57. The molecule has 0 radical (unpaired) electrons. The van der Waals surface area contributed by atoms with Gasteiger partial charge in [-0.1, -0.05) is 0 Å². The van der Waals surface area contributed by atoms with Crippen molar-refractivity contribution in [2.45, 2.75) is 11.8 Å². The number of amides is 1. The van der Waals surface area contributed by atoms with Crippen molar-refractivity contribution >= 4 is 52.7 Å². The molecule has 8 nitrogen and oxygen atoms in total. The second kappa shape index (κ2) is 8.30. The molecule has 22 heavy (non-hydrogen) atoms. The summed E-state index contributed by atoms with van der Waals surface area (Å²) in [5.74, 6) is -1.01. The molecule has 10 heteroatoms. The van der Waals surface area contributed by atoms with Gasteiger partial charge in [0, 0.05) is 6.08 Å². The number of hydrogen-bond acceptors (Lipinski definition) is 6. The molecule has 112 valence electrons. The fourth-order valence-electron chi connectivity index (χ4n) is 1.46. The molecule has 1 aliphatic heterocycles. The smallest absolute Gasteiger partial charge is 0.266 e. The van der Waals surface area contributed by atoms with Crippen LogP contribution in [0.4, 0.5) is 0 Å². The number of ether oxygens (including phenoxy) is 1. The third-order valence-electron chi connectivity index (χ3n) is 2.35. The topological polar surface area (TPSA) is 122 Å². The summed E-state index contributed by atoms with van der Waals surface area (Å²) >= 11 is 0.673. The number of rotatable bonds is 3. The predicted octanol–water partition coefficient (Wildman–Crippen LogP) is 0.396. The molecule has 1 aromatic carbocycles. The first kappa shape index (κ1) is 18.7. The van der Waals surface area contributed by atoms with Gasteiger partial charge in [0.1, 0.15) is 0 Å². The van der Waals surface area contributed by atoms with Crippen molar-refractivity contribution in [1.29, 1.82) is 0 Å². The summed E-state index contributed by atoms with van der Waals surface area (Å²) in [7, 11) is -4.40. The van der Waals surface area contributed by atoms with Gasteiger partial charge in [-0.25, -0.2) is 0 Å². The minimum absolute atomic E-state index is 0.114. The van der Waals surface area contributed by atoms with Crippen LogP contribution < -0.4 is 2.81 Å². The average molecular weight is 334 g/mol. The van der Waals surface area contributed by atoms with Gasteiger partial charge in [0.25, 0.3) is 5.91 Å². The number of azo groups is 1. The standard InChI is InChI=1S/C9H9O5S.C3H2N2O.Na/c1-2-14-9(10)7-5-3-4-6-8(7)15(11,12)13;6-3-1-2-4-5-3;/h4-6H,2H2,1H3,(H,11,12,13);1-2H;. The third kappa shape index (κ3) is 5.78. The number of nitrogens with zero attached hydrogens (tertiary/aromatic N) is 2. The van der Waals surface area contributed by atoms with Crippen LogP contribution >= 0.6 is 0 Å². The minimum atomic E-state index is -4.40. The van der Waals surface area contributed by atoms with Gasteiger partial charge in [-0.2, -0.15) is 5.11 Å². The van der Waals surface area contributed by atoms with Gasteiger partial charge in [0.2, 0.25) is 0 Å². The number of carbonyl (C=O) groups is 2. The molecule has 0 saturated carbocycles. The molecule has 0 saturated heterocycles. The SMILES string of the molecule is CCOC(=O)c1c[c]([Na])ccc1S(=O)(=O)O.O=C1C=CN=N1. The van der Waals surface area contributed by atoms with E-state index in [0.29, 0.717) is 27.9 Å². The van der Waals surface area contributed by atoms with Crippen molar-refractivity contribution in [2.75, 3.05) is 6.61 Å². The quantitative estimate of drug-likeness (QED) is 0.485. The van der Waals surface area contributed by atoms with Gasteiger partial charge in [-0.15, -0.1) is 5.11 Å². The van der Waals surface area contributed by atoms with E-state index in [1.807, 2.05) is 0 Å². The van der Waals surface area contributed by atoms with E-state index in [1.54, 1.807) is 13.0 Å². The van der Waals surface area contributed by atoms with Gasteiger partial charge in [-0.05, 0) is 0 Å². The van der Waals surface area contributed by atoms with Crippen LogP contribution in [0.5, 0.6) is 0 Å². The Morgan fingerprint density at radius 1 is 1.41 bits per heavy atom. The largest absolute Gasteiger partial charge is 0.289 e. The van der Waals surface area contributed by atoms with E-state index in [-0.39, 0.29) is 18.1 Å². The maximum Gasteiger partial charge on any atom is 0.289 e. The molecular formula is C12H11N2NaO6S. The molecule has 1 heterocycles. The average Bonchev–Trinajstić information content (AvgIpc) is 2.89. The summed E-state index contributed by atoms with van der Waals surface area (Å²) in [4.78, 5) is 21.0. The Labute approximate surface area is 144 Å². The van der Waals surface area contributed by atoms with Crippen LogP contribution in [0.1, 0.15) is 17.3 Å². The Balaban J connectivity index is 0.000000335. The van der Waals surface area contributed by atoms with Crippen LogP contribution in [0, 0.1) is 0 Å². The van der Waals surface area contributed by atoms with E-state index in [9.17, 15) is 18.0 Å². The molecule has 1 aliphatic rings. The van der Waals surface area contributed by atoms with Crippen molar-refractivity contribution in [3.05, 3.63) is 36.0 Å². The molecule has 0 atom stereocenters. The first-order valence-electron chi connectivity index (χ1n) is 6.12. The molecule has 0 aromatic heterocycles. The van der Waals surface area contributed by atoms with Crippen molar-refractivity contribution < 1.29 is 27.3 Å². The summed E-state index contributed by atoms with van der Waals surface area (Å²) in [6.45, 7) is 1.77. The van der Waals surface area contributed by atoms with E-state index < -0.39 is 21.0 Å². The zero-order valence-electron chi connectivity index (χ0n) is 11.9. The zero-order valence-corrected chi connectivity index (χ0v) is 14.7. The Bertz CT molecular complexity index is 728. The maximum atomic E-state index is 11.5. The fraction of sp³-hybridized carbons (Fsp3) is 0.167. The first-order chi connectivity index (χ1) is 10.3. The third-order valence-corrected chi connectivity index (χ3v) is 3.88. The van der Waals surface area contributed by atoms with E-state index in [4.69, 9.17) is 9.29 Å². The molecule has 0 spiro atoms. The Morgan fingerprint density at radius 2 is 2.09 bits per heavy atom. The number of carbonyl (C=O) groups excluding carboxylic acids is 2. The second-order valence-corrected chi connectivity index (χ2v) is 6.61. The molecule has 1 aromatic rings. The van der Waals surface area contributed by atoms with Crippen molar-refractivity contribution in [1.82, 2.24) is 0 Å². The normalized spacial score (nSPS) is 12.8. The van der Waals surface area contributed by atoms with Gasteiger partial charge >= 0.3 is 112 Å². The van der Waals surface area contributed by atoms with Gasteiger partial charge < -0.3 is 0 Å². The van der Waals surface area contributed by atoms with Crippen molar-refractivity contribution in [3.8, 4) is 0 Å². The zero-order chi connectivity index (χ0) is 16.8. The van der Waals surface area contributed by atoms with Crippen LogP contribution in [0.3, 0.4) is 0 Å². The minimum Gasteiger partial charge on any atom is -0.266 e. The number of hydrogen-bond donors (Lipinski definition) is 1. The first-order valence-corrected chi connectivity index (χ1v) is 8.56. The Kier molecular flexibility index (Phi) is 7.04. The summed E-state index contributed by atoms with van der Waals surface area (Å²) in [5.41, 5.74) is -0.114. The van der Waals surface area contributed by atoms with Gasteiger partial charge in [0.15, 0.2) is 0 Å². The van der Waals surface area contributed by atoms with Gasteiger partial charge in [0.05, 0.1) is 6.20 Å². The summed E-state index contributed by atoms with van der Waals surface area (Å²) in [6, 6.07) is 4.19. The molecule has 0 fully saturated rings. The van der Waals surface area contributed by atoms with Crippen molar-refractivity contribution in [3.63, 3.8) is 0 Å². The number of esters is 1. The summed E-state index contributed by atoms with van der Waals surface area (Å²) < 4.78 is 36.6. The van der Waals surface area contributed by atoms with Crippen LogP contribution in [0.25, 0.3) is 0 Å². The Morgan fingerprint density at radius 3 is 2.50 bits per heavy atom. The molecule has 2 rings (SSSR count). The molecular weight excluding hydrogens is 323 g/mol. The van der Waals surface area contributed by atoms with Crippen LogP contribution in [-0.2, 0) is 19.6 Å². The van der Waals surface area contributed by atoms with E-state index in [1.165, 1.54) is 24.4 Å². The molecule has 1 amide bonds. The van der Waals surface area contributed by atoms with Crippen molar-refractivity contribution in [2.24, 2.45) is 10.2 Å². The summed E-state index contributed by atoms with van der Waals surface area (Å²) in [5, 5.41) is 6.37. The van der Waals surface area contributed by atoms with E-state index in [0.717, 1.165) is 2.81 Å². The molecule has 1 N–H and O–H groups in total.